The zero-order valence-corrected chi connectivity index (χ0v) is 25.2. The predicted molar refractivity (Wildman–Crippen MR) is 157 cm³/mol. The van der Waals surface area contributed by atoms with Crippen LogP contribution >= 0.6 is 23.5 Å². The molecular formula is C31H48O2S2. The lowest BCUT2D eigenvalue weighted by molar-refractivity contribution is 0.421. The van der Waals surface area contributed by atoms with E-state index in [2.05, 4.69) is 0 Å². The summed E-state index contributed by atoms with van der Waals surface area (Å²) in [5, 5.41) is 22.4. The van der Waals surface area contributed by atoms with Gasteiger partial charge in [0.05, 0.1) is 4.08 Å². The predicted octanol–water partition coefficient (Wildman–Crippen LogP) is 9.91. The summed E-state index contributed by atoms with van der Waals surface area (Å²) in [5.74, 6) is 0.275. The van der Waals surface area contributed by atoms with Gasteiger partial charge >= 0.3 is 0 Å². The van der Waals surface area contributed by atoms with Gasteiger partial charge in [0, 0.05) is 40.3 Å². The average Bonchev–Trinajstić information content (AvgIpc) is 2.70. The number of phenolic OH excluding ortho intramolecular Hbond substituents is 2. The third-order valence-corrected chi connectivity index (χ3v) is 7.94. The van der Waals surface area contributed by atoms with Crippen molar-refractivity contribution >= 4 is 23.5 Å². The van der Waals surface area contributed by atoms with E-state index in [0.29, 0.717) is 32.0 Å². The van der Waals surface area contributed by atoms with Crippen LogP contribution in [0.1, 0.15) is 127 Å². The Morgan fingerprint density at radius 1 is 0.514 bits per heavy atom. The number of hydrogen-bond acceptors (Lipinski definition) is 4. The zero-order valence-electron chi connectivity index (χ0n) is 29.5. The molecule has 2 aromatic rings. The van der Waals surface area contributed by atoms with E-state index in [-0.39, 0.29) is 11.5 Å². The van der Waals surface area contributed by atoms with Gasteiger partial charge in [0.15, 0.2) is 0 Å². The molecule has 0 unspecified atom stereocenters. The molecule has 0 spiro atoms. The first kappa shape index (κ1) is 21.8. The van der Waals surface area contributed by atoms with Gasteiger partial charge in [-0.05, 0) is 59.6 Å². The van der Waals surface area contributed by atoms with Gasteiger partial charge in [0.25, 0.3) is 0 Å². The summed E-state index contributed by atoms with van der Waals surface area (Å²) in [5.41, 5.74) is 0.587. The SMILES string of the molecule is [2H]C([2H])([2H])C(Sc1cc(C(C)(C)C)c(O)c(C(C)(C)C)c1)(Sc1cc(C(C)(C)C)c(O)c(C(C)(C)C)c1)C([2H])([2H])[2H]. The molecule has 2 N–H and O–H groups in total. The summed E-state index contributed by atoms with van der Waals surface area (Å²) < 4.78 is 49.4. The fourth-order valence-corrected chi connectivity index (χ4v) is 6.09. The third kappa shape index (κ3) is 7.38. The van der Waals surface area contributed by atoms with Gasteiger partial charge in [0.1, 0.15) is 11.5 Å². The van der Waals surface area contributed by atoms with Crippen molar-refractivity contribution in [3.63, 3.8) is 0 Å². The molecule has 0 heterocycles. The summed E-state index contributed by atoms with van der Waals surface area (Å²) in [7, 11) is 0. The molecule has 0 atom stereocenters. The topological polar surface area (TPSA) is 40.5 Å². The molecule has 0 amide bonds. The van der Waals surface area contributed by atoms with E-state index in [4.69, 9.17) is 8.22 Å². The Kier molecular flexibility index (Phi) is 5.95. The summed E-state index contributed by atoms with van der Waals surface area (Å²) in [4.78, 5) is 0.923. The second-order valence-corrected chi connectivity index (χ2v) is 16.4. The molecule has 0 saturated carbocycles. The van der Waals surface area contributed by atoms with Crippen molar-refractivity contribution in [2.45, 2.75) is 132 Å². The Hall–Kier alpha value is -1.26. The summed E-state index contributed by atoms with van der Waals surface area (Å²) in [6.07, 6.45) is 0. The van der Waals surface area contributed by atoms with Crippen molar-refractivity contribution in [1.82, 2.24) is 0 Å². The molecule has 0 fully saturated rings. The maximum Gasteiger partial charge on any atom is 0.123 e. The lowest BCUT2D eigenvalue weighted by Gasteiger charge is -2.31. The van der Waals surface area contributed by atoms with Gasteiger partial charge < -0.3 is 10.2 Å². The maximum atomic E-state index is 11.2. The lowest BCUT2D eigenvalue weighted by Crippen LogP contribution is -2.19. The van der Waals surface area contributed by atoms with Gasteiger partial charge in [0.2, 0.25) is 0 Å². The van der Waals surface area contributed by atoms with Gasteiger partial charge in [-0.25, -0.2) is 0 Å². The van der Waals surface area contributed by atoms with Crippen LogP contribution in [0.3, 0.4) is 0 Å². The van der Waals surface area contributed by atoms with E-state index in [1.165, 1.54) is 0 Å². The number of hydrogen-bond donors (Lipinski definition) is 2. The molecule has 4 heteroatoms. The van der Waals surface area contributed by atoms with Gasteiger partial charge in [-0.15, -0.1) is 23.5 Å². The van der Waals surface area contributed by atoms with Crippen molar-refractivity contribution in [1.29, 1.82) is 0 Å². The van der Waals surface area contributed by atoms with Crippen LogP contribution in [0, 0.1) is 0 Å². The summed E-state index contributed by atoms with van der Waals surface area (Å²) in [6.45, 7) is 17.6. The highest BCUT2D eigenvalue weighted by atomic mass is 32.2. The van der Waals surface area contributed by atoms with Gasteiger partial charge in [-0.3, -0.25) is 0 Å². The minimum Gasteiger partial charge on any atom is -0.507 e. The number of thioether (sulfide) groups is 2. The molecule has 0 saturated heterocycles. The molecule has 0 aromatic heterocycles. The van der Waals surface area contributed by atoms with Crippen molar-refractivity contribution in [2.75, 3.05) is 0 Å². The van der Waals surface area contributed by atoms with Gasteiger partial charge in [-0.1, -0.05) is 83.1 Å². The first-order valence-electron chi connectivity index (χ1n) is 15.1. The Bertz CT molecular complexity index is 1100. The van der Waals surface area contributed by atoms with Crippen LogP contribution < -0.4 is 0 Å². The van der Waals surface area contributed by atoms with Crippen molar-refractivity contribution in [2.24, 2.45) is 0 Å². The Balaban J connectivity index is 2.97. The molecule has 2 aromatic carbocycles. The number of benzene rings is 2. The quantitative estimate of drug-likeness (QED) is 0.309. The Morgan fingerprint density at radius 2 is 0.743 bits per heavy atom. The maximum absolute atomic E-state index is 11.2. The standard InChI is InChI=1S/C31H48O2S2/c1-27(2,3)21-15-19(16-22(25(21)32)28(4,5)6)34-31(13,14)35-20-17-23(29(7,8)9)26(33)24(18-20)30(10,11)12/h15-18,32-33H,1-14H3/i13D3,14D3. The molecule has 0 bridgehead atoms. The van der Waals surface area contributed by atoms with Crippen LogP contribution in [0.5, 0.6) is 11.5 Å². The monoisotopic (exact) mass is 522 g/mol. The number of rotatable bonds is 4. The molecule has 0 aliphatic heterocycles. The fraction of sp³-hybridized carbons (Fsp3) is 0.613. The molecule has 196 valence electrons. The van der Waals surface area contributed by atoms with E-state index in [0.717, 1.165) is 23.5 Å². The first-order valence-corrected chi connectivity index (χ1v) is 13.7. The van der Waals surface area contributed by atoms with Crippen LogP contribution in [0.4, 0.5) is 0 Å². The summed E-state index contributed by atoms with van der Waals surface area (Å²) >= 11 is 1.62. The van der Waals surface area contributed by atoms with Crippen molar-refractivity contribution in [3.8, 4) is 11.5 Å². The highest BCUT2D eigenvalue weighted by molar-refractivity contribution is 8.18. The van der Waals surface area contributed by atoms with Crippen LogP contribution in [0.15, 0.2) is 34.1 Å². The largest absolute Gasteiger partial charge is 0.507 e. The molecule has 0 aliphatic carbocycles. The zero-order chi connectivity index (χ0) is 32.4. The van der Waals surface area contributed by atoms with Crippen LogP contribution in [0.25, 0.3) is 0 Å². The van der Waals surface area contributed by atoms with E-state index in [1.54, 1.807) is 24.3 Å². The van der Waals surface area contributed by atoms with Crippen molar-refractivity contribution < 1.29 is 18.4 Å². The van der Waals surface area contributed by atoms with Crippen LogP contribution in [0.2, 0.25) is 0 Å². The van der Waals surface area contributed by atoms with Crippen molar-refractivity contribution in [3.05, 3.63) is 46.5 Å². The average molecular weight is 523 g/mol. The minimum absolute atomic E-state index is 0.138. The van der Waals surface area contributed by atoms with E-state index in [9.17, 15) is 10.2 Å². The Morgan fingerprint density at radius 3 is 0.914 bits per heavy atom. The third-order valence-electron chi connectivity index (χ3n) is 5.92. The molecule has 0 aliphatic rings. The first-order chi connectivity index (χ1) is 17.9. The number of phenols is 2. The fourth-order valence-electron chi connectivity index (χ4n) is 3.97. The molecule has 0 radical (unpaired) electrons. The second-order valence-electron chi connectivity index (χ2n) is 13.6. The normalized spacial score (nSPS) is 17.1. The minimum atomic E-state index is -2.92. The van der Waals surface area contributed by atoms with Gasteiger partial charge in [-0.2, -0.15) is 0 Å². The smallest absolute Gasteiger partial charge is 0.123 e. The molecule has 2 rings (SSSR count). The van der Waals surface area contributed by atoms with Crippen LogP contribution in [-0.4, -0.2) is 14.3 Å². The van der Waals surface area contributed by atoms with E-state index in [1.807, 2.05) is 83.1 Å². The second kappa shape index (κ2) is 9.56. The molecule has 35 heavy (non-hydrogen) atoms. The Labute approximate surface area is 232 Å². The van der Waals surface area contributed by atoms with E-state index >= 15 is 0 Å². The highest BCUT2D eigenvalue weighted by Gasteiger charge is 2.31. The molecular weight excluding hydrogens is 468 g/mol. The van der Waals surface area contributed by atoms with Crippen LogP contribution in [-0.2, 0) is 21.7 Å². The molecule has 2 nitrogen and oxygen atoms in total. The van der Waals surface area contributed by atoms with E-state index < -0.39 is 39.4 Å². The summed E-state index contributed by atoms with van der Waals surface area (Å²) in [6, 6.07) is 6.89. The lowest BCUT2D eigenvalue weighted by atomic mass is 9.79. The number of aromatic hydroxyl groups is 2. The highest BCUT2D eigenvalue weighted by Crippen LogP contribution is 2.50.